The fourth-order valence-electron chi connectivity index (χ4n) is 1.92. The number of carbonyl (C=O) groups excluding carboxylic acids is 2. The van der Waals surface area contributed by atoms with Gasteiger partial charge in [0.25, 0.3) is 11.8 Å². The highest BCUT2D eigenvalue weighted by Crippen LogP contribution is 2.16. The molecule has 2 rings (SSSR count). The molecule has 0 radical (unpaired) electrons. The number of aromatic carboxylic acids is 1. The molecule has 0 bridgehead atoms. The van der Waals surface area contributed by atoms with E-state index in [9.17, 15) is 14.4 Å². The molecule has 0 aliphatic rings. The fourth-order valence-corrected chi connectivity index (χ4v) is 2.56. The smallest absolute Gasteiger partial charge is 0.339 e. The van der Waals surface area contributed by atoms with Crippen molar-refractivity contribution in [2.75, 3.05) is 13.1 Å². The highest BCUT2D eigenvalue weighted by atomic mass is 32.1. The molecule has 0 atom stereocenters. The van der Waals surface area contributed by atoms with Crippen molar-refractivity contribution in [2.45, 2.75) is 13.3 Å². The maximum absolute atomic E-state index is 11.9. The summed E-state index contributed by atoms with van der Waals surface area (Å²) in [5.74, 6) is -1.64. The van der Waals surface area contributed by atoms with E-state index in [0.29, 0.717) is 11.3 Å². The molecule has 0 saturated heterocycles. The topological polar surface area (TPSA) is 109 Å². The van der Waals surface area contributed by atoms with Crippen LogP contribution in [0.15, 0.2) is 28.0 Å². The van der Waals surface area contributed by atoms with E-state index in [1.54, 1.807) is 24.4 Å². The van der Waals surface area contributed by atoms with E-state index in [1.165, 1.54) is 17.4 Å². The Morgan fingerprint density at radius 1 is 1.22 bits per heavy atom. The van der Waals surface area contributed by atoms with Crippen LogP contribution in [0.25, 0.3) is 0 Å². The lowest BCUT2D eigenvalue weighted by molar-refractivity contribution is 0.0693. The molecule has 23 heavy (non-hydrogen) atoms. The van der Waals surface area contributed by atoms with Crippen molar-refractivity contribution in [3.8, 4) is 0 Å². The molecule has 2 aromatic rings. The molecular weight excluding hydrogens is 320 g/mol. The number of hydrogen-bond donors (Lipinski definition) is 3. The van der Waals surface area contributed by atoms with Crippen LogP contribution in [0.1, 0.15) is 43.3 Å². The predicted octanol–water partition coefficient (Wildman–Crippen LogP) is 1.76. The Morgan fingerprint density at radius 2 is 1.91 bits per heavy atom. The van der Waals surface area contributed by atoms with Gasteiger partial charge in [0, 0.05) is 25.6 Å². The average molecular weight is 336 g/mol. The summed E-state index contributed by atoms with van der Waals surface area (Å²) >= 11 is 1.33. The predicted molar refractivity (Wildman–Crippen MR) is 84.0 cm³/mol. The van der Waals surface area contributed by atoms with Crippen molar-refractivity contribution in [3.63, 3.8) is 0 Å². The third kappa shape index (κ3) is 4.19. The largest absolute Gasteiger partial charge is 0.478 e. The molecule has 122 valence electrons. The maximum Gasteiger partial charge on any atom is 0.339 e. The van der Waals surface area contributed by atoms with Crippen LogP contribution in [0.4, 0.5) is 0 Å². The number of rotatable bonds is 7. The highest BCUT2D eigenvalue weighted by Gasteiger charge is 2.19. The lowest BCUT2D eigenvalue weighted by Gasteiger charge is -2.04. The van der Waals surface area contributed by atoms with Crippen LogP contribution in [0, 0.1) is 0 Å². The van der Waals surface area contributed by atoms with Gasteiger partial charge in [-0.05, 0) is 11.4 Å². The zero-order chi connectivity index (χ0) is 16.8. The van der Waals surface area contributed by atoms with E-state index in [1.807, 2.05) is 0 Å². The van der Waals surface area contributed by atoms with Gasteiger partial charge in [-0.15, -0.1) is 11.3 Å². The first-order chi connectivity index (χ1) is 11.0. The number of carboxylic acids is 1. The van der Waals surface area contributed by atoms with Crippen molar-refractivity contribution in [3.05, 3.63) is 45.5 Å². The molecule has 7 nitrogen and oxygen atoms in total. The van der Waals surface area contributed by atoms with Crippen LogP contribution in [-0.4, -0.2) is 36.0 Å². The first kappa shape index (κ1) is 16.8. The molecule has 0 unspecified atom stereocenters. The number of nitrogens with one attached hydrogen (secondary N) is 2. The van der Waals surface area contributed by atoms with Crippen LogP contribution in [0.2, 0.25) is 0 Å². The van der Waals surface area contributed by atoms with E-state index in [0.717, 1.165) is 0 Å². The molecule has 0 fully saturated rings. The van der Waals surface area contributed by atoms with Crippen molar-refractivity contribution in [1.29, 1.82) is 0 Å². The summed E-state index contributed by atoms with van der Waals surface area (Å²) in [6.45, 7) is 2.21. The quantitative estimate of drug-likeness (QED) is 0.668. The molecule has 0 aromatic carbocycles. The normalized spacial score (nSPS) is 10.3. The molecule has 2 amide bonds. The monoisotopic (exact) mass is 336 g/mol. The Hall–Kier alpha value is -2.61. The van der Waals surface area contributed by atoms with Gasteiger partial charge in [0.2, 0.25) is 0 Å². The van der Waals surface area contributed by atoms with Crippen molar-refractivity contribution in [1.82, 2.24) is 10.6 Å². The van der Waals surface area contributed by atoms with Gasteiger partial charge >= 0.3 is 5.97 Å². The van der Waals surface area contributed by atoms with E-state index < -0.39 is 11.9 Å². The minimum Gasteiger partial charge on any atom is -0.478 e. The highest BCUT2D eigenvalue weighted by molar-refractivity contribution is 7.12. The first-order valence-corrected chi connectivity index (χ1v) is 7.86. The summed E-state index contributed by atoms with van der Waals surface area (Å²) in [6, 6.07) is 4.70. The Labute approximate surface area is 136 Å². The zero-order valence-corrected chi connectivity index (χ0v) is 13.2. The first-order valence-electron chi connectivity index (χ1n) is 6.98. The summed E-state index contributed by atoms with van der Waals surface area (Å²) < 4.78 is 5.25. The van der Waals surface area contributed by atoms with E-state index in [4.69, 9.17) is 9.52 Å². The number of furan rings is 1. The van der Waals surface area contributed by atoms with Crippen molar-refractivity contribution >= 4 is 29.1 Å². The Morgan fingerprint density at radius 3 is 2.43 bits per heavy atom. The Balaban J connectivity index is 1.83. The van der Waals surface area contributed by atoms with Crippen LogP contribution < -0.4 is 10.6 Å². The SMILES string of the molecule is CCc1oc(C(=O)NCCNC(=O)c2cccs2)cc1C(=O)O. The molecule has 3 N–H and O–H groups in total. The van der Waals surface area contributed by atoms with Crippen LogP contribution in [0.5, 0.6) is 0 Å². The van der Waals surface area contributed by atoms with E-state index in [2.05, 4.69) is 10.6 Å². The number of aryl methyl sites for hydroxylation is 1. The van der Waals surface area contributed by atoms with Gasteiger partial charge in [0.1, 0.15) is 11.3 Å². The van der Waals surface area contributed by atoms with Crippen LogP contribution >= 0.6 is 11.3 Å². The Bertz CT molecular complexity index is 706. The zero-order valence-electron chi connectivity index (χ0n) is 12.4. The van der Waals surface area contributed by atoms with Gasteiger partial charge in [0.15, 0.2) is 5.76 Å². The second-order valence-electron chi connectivity index (χ2n) is 4.60. The second-order valence-corrected chi connectivity index (χ2v) is 5.54. The van der Waals surface area contributed by atoms with E-state index >= 15 is 0 Å². The summed E-state index contributed by atoms with van der Waals surface area (Å²) in [4.78, 5) is 35.2. The molecule has 0 aliphatic heterocycles. The number of amides is 2. The molecular formula is C15H16N2O5S. The summed E-state index contributed by atoms with van der Waals surface area (Å²) in [5, 5.41) is 16.1. The van der Waals surface area contributed by atoms with Crippen LogP contribution in [0.3, 0.4) is 0 Å². The summed E-state index contributed by atoms with van der Waals surface area (Å²) in [5.41, 5.74) is -0.0105. The fraction of sp³-hybridized carbons (Fsp3) is 0.267. The van der Waals surface area contributed by atoms with Crippen LogP contribution in [-0.2, 0) is 6.42 Å². The summed E-state index contributed by atoms with van der Waals surface area (Å²) in [7, 11) is 0. The second kappa shape index (κ2) is 7.59. The van der Waals surface area contributed by atoms with Crippen molar-refractivity contribution in [2.24, 2.45) is 0 Å². The minimum absolute atomic E-state index is 0.0105. The molecule has 0 spiro atoms. The molecule has 2 heterocycles. The van der Waals surface area contributed by atoms with Gasteiger partial charge in [-0.2, -0.15) is 0 Å². The lowest BCUT2D eigenvalue weighted by atomic mass is 10.2. The molecule has 0 aliphatic carbocycles. The summed E-state index contributed by atoms with van der Waals surface area (Å²) in [6.07, 6.45) is 0.381. The number of thiophene rings is 1. The number of carbonyl (C=O) groups is 3. The van der Waals surface area contributed by atoms with Gasteiger partial charge < -0.3 is 20.2 Å². The third-order valence-electron chi connectivity index (χ3n) is 3.03. The maximum atomic E-state index is 11.9. The molecule has 8 heteroatoms. The number of carboxylic acid groups (broad SMARTS) is 1. The standard InChI is InChI=1S/C15H16N2O5S/c1-2-10-9(15(20)21)8-11(22-10)13(18)16-5-6-17-14(19)12-4-3-7-23-12/h3-4,7-8H,2,5-6H2,1H3,(H,16,18)(H,17,19)(H,20,21). The number of hydrogen-bond acceptors (Lipinski definition) is 5. The molecule has 2 aromatic heterocycles. The van der Waals surface area contributed by atoms with E-state index in [-0.39, 0.29) is 36.1 Å². The third-order valence-corrected chi connectivity index (χ3v) is 3.89. The Kier molecular flexibility index (Phi) is 5.53. The van der Waals surface area contributed by atoms with Gasteiger partial charge in [-0.3, -0.25) is 9.59 Å². The van der Waals surface area contributed by atoms with Gasteiger partial charge in [-0.25, -0.2) is 4.79 Å². The van der Waals surface area contributed by atoms with Gasteiger partial charge in [0.05, 0.1) is 4.88 Å². The lowest BCUT2D eigenvalue weighted by Crippen LogP contribution is -2.34. The van der Waals surface area contributed by atoms with Crippen molar-refractivity contribution < 1.29 is 23.9 Å². The van der Waals surface area contributed by atoms with Gasteiger partial charge in [-0.1, -0.05) is 13.0 Å². The molecule has 0 saturated carbocycles. The minimum atomic E-state index is -1.13. The average Bonchev–Trinajstić information content (AvgIpc) is 3.19.